The van der Waals surface area contributed by atoms with Gasteiger partial charge >= 0.3 is 0 Å². The van der Waals surface area contributed by atoms with Crippen molar-refractivity contribution in [3.05, 3.63) is 41.7 Å². The zero-order chi connectivity index (χ0) is 16.9. The van der Waals surface area contributed by atoms with E-state index in [-0.39, 0.29) is 11.9 Å². The summed E-state index contributed by atoms with van der Waals surface area (Å²) in [6.45, 7) is 3.02. The van der Waals surface area contributed by atoms with Gasteiger partial charge in [-0.25, -0.2) is 0 Å². The van der Waals surface area contributed by atoms with Gasteiger partial charge in [0.1, 0.15) is 5.82 Å². The highest BCUT2D eigenvalue weighted by Gasteiger charge is 2.20. The smallest absolute Gasteiger partial charge is 0.233 e. The van der Waals surface area contributed by atoms with Gasteiger partial charge < -0.3 is 9.47 Å². The molecule has 0 saturated heterocycles. The Labute approximate surface area is 147 Å². The number of benzene rings is 1. The van der Waals surface area contributed by atoms with E-state index in [4.69, 9.17) is 0 Å². The minimum absolute atomic E-state index is 0.0646. The van der Waals surface area contributed by atoms with Gasteiger partial charge in [0.05, 0.1) is 11.8 Å². The number of thioether (sulfide) groups is 1. The molecule has 24 heavy (non-hydrogen) atoms. The Balaban J connectivity index is 1.60. The number of aromatic nitrogens is 3. The van der Waals surface area contributed by atoms with Gasteiger partial charge in [-0.15, -0.1) is 10.2 Å². The molecule has 2 aromatic rings. The topological polar surface area (TPSA) is 51.0 Å². The highest BCUT2D eigenvalue weighted by molar-refractivity contribution is 7.99. The molecule has 0 aliphatic carbocycles. The molecule has 1 aliphatic rings. The molecule has 1 atom stereocenters. The third-order valence-electron chi connectivity index (χ3n) is 4.66. The SMILES string of the molecule is CC(c1ccccc1)N(C)C(=O)CSc1nnc2n1CCCCC2. The Morgan fingerprint density at radius 2 is 2.04 bits per heavy atom. The molecule has 1 aliphatic heterocycles. The van der Waals surface area contributed by atoms with Crippen molar-refractivity contribution in [2.45, 2.75) is 50.4 Å². The molecule has 1 amide bonds. The largest absolute Gasteiger partial charge is 0.338 e. The molecule has 0 saturated carbocycles. The van der Waals surface area contributed by atoms with E-state index in [1.54, 1.807) is 0 Å². The van der Waals surface area contributed by atoms with E-state index >= 15 is 0 Å². The van der Waals surface area contributed by atoms with E-state index in [9.17, 15) is 4.79 Å². The third-order valence-corrected chi connectivity index (χ3v) is 5.61. The van der Waals surface area contributed by atoms with Crippen molar-refractivity contribution in [2.75, 3.05) is 12.8 Å². The lowest BCUT2D eigenvalue weighted by Crippen LogP contribution is -2.31. The maximum atomic E-state index is 12.5. The zero-order valence-corrected chi connectivity index (χ0v) is 15.1. The highest BCUT2D eigenvalue weighted by Crippen LogP contribution is 2.24. The molecule has 0 fully saturated rings. The van der Waals surface area contributed by atoms with Gasteiger partial charge in [0, 0.05) is 20.0 Å². The van der Waals surface area contributed by atoms with Gasteiger partial charge in [-0.2, -0.15) is 0 Å². The van der Waals surface area contributed by atoms with Crippen LogP contribution in [0.2, 0.25) is 0 Å². The Bertz CT molecular complexity index is 686. The Hall–Kier alpha value is -1.82. The van der Waals surface area contributed by atoms with Crippen LogP contribution in [0.25, 0.3) is 0 Å². The van der Waals surface area contributed by atoms with Crippen LogP contribution in [-0.4, -0.2) is 38.4 Å². The molecule has 1 unspecified atom stereocenters. The molecule has 1 aromatic carbocycles. The molecule has 5 nitrogen and oxygen atoms in total. The second-order valence-corrected chi connectivity index (χ2v) is 7.18. The first-order chi connectivity index (χ1) is 11.7. The summed E-state index contributed by atoms with van der Waals surface area (Å²) < 4.78 is 2.19. The molecule has 128 valence electrons. The monoisotopic (exact) mass is 344 g/mol. The number of hydrogen-bond acceptors (Lipinski definition) is 4. The van der Waals surface area contributed by atoms with Crippen molar-refractivity contribution in [1.82, 2.24) is 19.7 Å². The Morgan fingerprint density at radius 3 is 2.83 bits per heavy atom. The van der Waals surface area contributed by atoms with E-state index in [1.807, 2.05) is 30.1 Å². The quantitative estimate of drug-likeness (QED) is 0.781. The van der Waals surface area contributed by atoms with E-state index in [2.05, 4.69) is 33.8 Å². The van der Waals surface area contributed by atoms with Crippen LogP contribution in [0, 0.1) is 0 Å². The van der Waals surface area contributed by atoms with Gasteiger partial charge in [0.2, 0.25) is 5.91 Å². The molecule has 0 spiro atoms. The number of hydrogen-bond donors (Lipinski definition) is 0. The number of carbonyl (C=O) groups is 1. The highest BCUT2D eigenvalue weighted by atomic mass is 32.2. The molecule has 0 radical (unpaired) electrons. The summed E-state index contributed by atoms with van der Waals surface area (Å²) in [7, 11) is 1.87. The summed E-state index contributed by atoms with van der Waals surface area (Å²) in [6.07, 6.45) is 4.58. The van der Waals surface area contributed by atoms with Crippen LogP contribution in [0.1, 0.15) is 43.6 Å². The van der Waals surface area contributed by atoms with Crippen molar-refractivity contribution < 1.29 is 4.79 Å². The molecule has 6 heteroatoms. The van der Waals surface area contributed by atoms with Gasteiger partial charge in [0.15, 0.2) is 5.16 Å². The molecule has 1 aromatic heterocycles. The number of fused-ring (bicyclic) bond motifs is 1. The van der Waals surface area contributed by atoms with Crippen LogP contribution in [0.3, 0.4) is 0 Å². The van der Waals surface area contributed by atoms with E-state index < -0.39 is 0 Å². The summed E-state index contributed by atoms with van der Waals surface area (Å²) in [6, 6.07) is 10.2. The summed E-state index contributed by atoms with van der Waals surface area (Å²) in [5.41, 5.74) is 1.15. The fourth-order valence-corrected chi connectivity index (χ4v) is 3.87. The number of aryl methyl sites for hydroxylation is 1. The fourth-order valence-electron chi connectivity index (χ4n) is 2.96. The van der Waals surface area contributed by atoms with Crippen LogP contribution in [0.4, 0.5) is 0 Å². The number of amides is 1. The van der Waals surface area contributed by atoms with Gasteiger partial charge in [-0.1, -0.05) is 48.5 Å². The average molecular weight is 344 g/mol. The lowest BCUT2D eigenvalue weighted by atomic mass is 10.1. The maximum absolute atomic E-state index is 12.5. The Kier molecular flexibility index (Phi) is 5.56. The minimum atomic E-state index is 0.0646. The first-order valence-electron chi connectivity index (χ1n) is 8.52. The van der Waals surface area contributed by atoms with Crippen LogP contribution in [0.5, 0.6) is 0 Å². The molecule has 2 heterocycles. The standard InChI is InChI=1S/C18H24N4OS/c1-14(15-9-5-3-6-10-15)21(2)17(23)13-24-18-20-19-16-11-7-4-8-12-22(16)18/h3,5-6,9-10,14H,4,7-8,11-13H2,1-2H3. The molecule has 0 bridgehead atoms. The van der Waals surface area contributed by atoms with Gasteiger partial charge in [-0.05, 0) is 25.3 Å². The van der Waals surface area contributed by atoms with E-state index in [0.717, 1.165) is 35.9 Å². The van der Waals surface area contributed by atoms with E-state index in [0.29, 0.717) is 5.75 Å². The van der Waals surface area contributed by atoms with Crippen molar-refractivity contribution in [3.8, 4) is 0 Å². The van der Waals surface area contributed by atoms with Gasteiger partial charge in [-0.3, -0.25) is 4.79 Å². The van der Waals surface area contributed by atoms with Crippen LogP contribution >= 0.6 is 11.8 Å². The first kappa shape index (κ1) is 17.0. The number of nitrogens with zero attached hydrogens (tertiary/aromatic N) is 4. The first-order valence-corrected chi connectivity index (χ1v) is 9.51. The predicted molar refractivity (Wildman–Crippen MR) is 95.9 cm³/mol. The van der Waals surface area contributed by atoms with Crippen molar-refractivity contribution in [2.24, 2.45) is 0 Å². The predicted octanol–water partition coefficient (Wildman–Crippen LogP) is 3.32. The second kappa shape index (κ2) is 7.83. The van der Waals surface area contributed by atoms with Crippen molar-refractivity contribution >= 4 is 17.7 Å². The summed E-state index contributed by atoms with van der Waals surface area (Å²) in [5.74, 6) is 1.57. The van der Waals surface area contributed by atoms with E-state index in [1.165, 1.54) is 24.6 Å². The van der Waals surface area contributed by atoms with Crippen LogP contribution in [-0.2, 0) is 17.8 Å². The van der Waals surface area contributed by atoms with Crippen molar-refractivity contribution in [3.63, 3.8) is 0 Å². The third kappa shape index (κ3) is 3.80. The van der Waals surface area contributed by atoms with Crippen molar-refractivity contribution in [1.29, 1.82) is 0 Å². The fraction of sp³-hybridized carbons (Fsp3) is 0.500. The number of rotatable bonds is 5. The second-order valence-electron chi connectivity index (χ2n) is 6.24. The number of carbonyl (C=O) groups excluding carboxylic acids is 1. The normalized spacial score (nSPS) is 15.4. The summed E-state index contributed by atoms with van der Waals surface area (Å²) in [5, 5.41) is 9.44. The van der Waals surface area contributed by atoms with Crippen LogP contribution < -0.4 is 0 Å². The minimum Gasteiger partial charge on any atom is -0.338 e. The summed E-state index contributed by atoms with van der Waals surface area (Å²) >= 11 is 1.50. The molecule has 0 N–H and O–H groups in total. The lowest BCUT2D eigenvalue weighted by Gasteiger charge is -2.25. The zero-order valence-electron chi connectivity index (χ0n) is 14.3. The molecule has 3 rings (SSSR count). The maximum Gasteiger partial charge on any atom is 0.233 e. The van der Waals surface area contributed by atoms with Gasteiger partial charge in [0.25, 0.3) is 0 Å². The van der Waals surface area contributed by atoms with Crippen LogP contribution in [0.15, 0.2) is 35.5 Å². The summed E-state index contributed by atoms with van der Waals surface area (Å²) in [4.78, 5) is 14.3. The Morgan fingerprint density at radius 1 is 1.25 bits per heavy atom. The average Bonchev–Trinajstić information content (AvgIpc) is 2.85. The molecular formula is C18H24N4OS. The lowest BCUT2D eigenvalue weighted by molar-refractivity contribution is -0.128. The molecular weight excluding hydrogens is 320 g/mol.